The summed E-state index contributed by atoms with van der Waals surface area (Å²) in [7, 11) is 0. The number of rotatable bonds is 6. The Morgan fingerprint density at radius 3 is 2.38 bits per heavy atom. The lowest BCUT2D eigenvalue weighted by Crippen LogP contribution is -2.52. The largest absolute Gasteiger partial charge is 0.393 e. The first-order chi connectivity index (χ1) is 17.9. The number of halogens is 2. The fourth-order valence-electron chi connectivity index (χ4n) is 5.47. The molecule has 2 N–H and O–H groups in total. The van der Waals surface area contributed by atoms with E-state index in [1.165, 1.54) is 0 Å². The third-order valence-corrected chi connectivity index (χ3v) is 7.82. The highest BCUT2D eigenvalue weighted by Gasteiger charge is 2.47. The van der Waals surface area contributed by atoms with Crippen LogP contribution in [0.2, 0.25) is 10.0 Å². The second-order valence-corrected chi connectivity index (χ2v) is 10.4. The maximum atomic E-state index is 14.0. The Bertz CT molecular complexity index is 1280. The SMILES string of the molecule is O=C(NOCc1ccccc1)[C@@H]1c2ccccc2C(=O)N(C2CCC(O)CC2)[C@H]1c1ccc(Cl)cc1Cl. The zero-order valence-corrected chi connectivity index (χ0v) is 21.7. The third-order valence-electron chi connectivity index (χ3n) is 7.25. The van der Waals surface area contributed by atoms with Crippen LogP contribution in [0.15, 0.2) is 72.8 Å². The molecule has 37 heavy (non-hydrogen) atoms. The van der Waals surface area contributed by atoms with Crippen molar-refractivity contribution in [3.05, 3.63) is 105 Å². The van der Waals surface area contributed by atoms with Gasteiger partial charge < -0.3 is 10.0 Å². The van der Waals surface area contributed by atoms with Crippen LogP contribution >= 0.6 is 23.2 Å². The van der Waals surface area contributed by atoms with Crippen LogP contribution in [0.4, 0.5) is 0 Å². The number of carbonyl (C=O) groups excluding carboxylic acids is 2. The fraction of sp³-hybridized carbons (Fsp3) is 0.310. The second-order valence-electron chi connectivity index (χ2n) is 9.59. The van der Waals surface area contributed by atoms with Gasteiger partial charge in [0, 0.05) is 21.7 Å². The van der Waals surface area contributed by atoms with E-state index in [4.69, 9.17) is 28.0 Å². The predicted octanol–water partition coefficient (Wildman–Crippen LogP) is 5.83. The van der Waals surface area contributed by atoms with Crippen molar-refractivity contribution in [1.29, 1.82) is 0 Å². The number of carbonyl (C=O) groups is 2. The number of hydrogen-bond donors (Lipinski definition) is 2. The molecule has 0 bridgehead atoms. The smallest absolute Gasteiger partial charge is 0.254 e. The number of aliphatic hydroxyl groups excluding tert-OH is 1. The summed E-state index contributed by atoms with van der Waals surface area (Å²) in [5, 5.41) is 11.0. The lowest BCUT2D eigenvalue weighted by molar-refractivity contribution is -0.138. The van der Waals surface area contributed by atoms with Crippen LogP contribution in [0.1, 0.15) is 64.7 Å². The number of nitrogens with one attached hydrogen (secondary N) is 1. The number of hydroxylamine groups is 1. The van der Waals surface area contributed by atoms with Crippen molar-refractivity contribution in [3.8, 4) is 0 Å². The highest BCUT2D eigenvalue weighted by molar-refractivity contribution is 6.35. The van der Waals surface area contributed by atoms with Crippen molar-refractivity contribution >= 4 is 35.0 Å². The van der Waals surface area contributed by atoms with Crippen LogP contribution in [-0.4, -0.2) is 34.0 Å². The predicted molar refractivity (Wildman–Crippen MR) is 142 cm³/mol. The maximum Gasteiger partial charge on any atom is 0.254 e. The molecule has 3 aromatic carbocycles. The minimum Gasteiger partial charge on any atom is -0.393 e. The van der Waals surface area contributed by atoms with Gasteiger partial charge in [-0.25, -0.2) is 5.48 Å². The molecule has 1 saturated carbocycles. The molecule has 0 unspecified atom stereocenters. The molecule has 1 aliphatic heterocycles. The van der Waals surface area contributed by atoms with Gasteiger partial charge in [-0.2, -0.15) is 0 Å². The average Bonchev–Trinajstić information content (AvgIpc) is 2.90. The van der Waals surface area contributed by atoms with E-state index in [9.17, 15) is 14.7 Å². The molecular weight excluding hydrogens is 511 g/mol. The number of fused-ring (bicyclic) bond motifs is 1. The molecule has 192 valence electrons. The number of hydrogen-bond acceptors (Lipinski definition) is 4. The van der Waals surface area contributed by atoms with Gasteiger partial charge in [-0.15, -0.1) is 0 Å². The van der Waals surface area contributed by atoms with Gasteiger partial charge in [-0.1, -0.05) is 77.8 Å². The fourth-order valence-corrected chi connectivity index (χ4v) is 5.99. The monoisotopic (exact) mass is 538 g/mol. The van der Waals surface area contributed by atoms with Gasteiger partial charge >= 0.3 is 0 Å². The van der Waals surface area contributed by atoms with Crippen molar-refractivity contribution in [3.63, 3.8) is 0 Å². The summed E-state index contributed by atoms with van der Waals surface area (Å²) in [6, 6.07) is 21.1. The Balaban J connectivity index is 1.55. The summed E-state index contributed by atoms with van der Waals surface area (Å²) in [5.74, 6) is -1.29. The minimum atomic E-state index is -0.768. The zero-order valence-electron chi connectivity index (χ0n) is 20.1. The van der Waals surface area contributed by atoms with Gasteiger partial charge in [-0.05, 0) is 60.6 Å². The average molecular weight is 539 g/mol. The van der Waals surface area contributed by atoms with Gasteiger partial charge in [0.05, 0.1) is 24.7 Å². The van der Waals surface area contributed by atoms with Crippen LogP contribution in [0, 0.1) is 0 Å². The Labute approximate surface area is 226 Å². The summed E-state index contributed by atoms with van der Waals surface area (Å²) in [6.45, 7) is 0.205. The molecule has 5 rings (SSSR count). The van der Waals surface area contributed by atoms with Crippen molar-refractivity contribution in [1.82, 2.24) is 10.4 Å². The van der Waals surface area contributed by atoms with Gasteiger partial charge in [0.25, 0.3) is 11.8 Å². The standard InChI is InChI=1S/C29H28Cl2N2O4/c30-19-10-15-24(25(31)16-19)27-26(28(35)32-37-17-18-6-2-1-3-7-18)22-8-4-5-9-23(22)29(36)33(27)20-11-13-21(34)14-12-20/h1-10,15-16,20-21,26-27,34H,11-14,17H2,(H,32,35)/t20?,21?,26-,27+/m1/s1. The molecule has 2 amide bonds. The van der Waals surface area contributed by atoms with E-state index in [1.54, 1.807) is 35.2 Å². The van der Waals surface area contributed by atoms with Crippen molar-refractivity contribution in [2.75, 3.05) is 0 Å². The highest BCUT2D eigenvalue weighted by Crippen LogP contribution is 2.47. The summed E-state index contributed by atoms with van der Waals surface area (Å²) in [6.07, 6.45) is 2.07. The second kappa shape index (κ2) is 11.2. The molecule has 2 aliphatic rings. The highest BCUT2D eigenvalue weighted by atomic mass is 35.5. The normalized spacial score (nSPS) is 23.4. The minimum absolute atomic E-state index is 0.151. The quantitative estimate of drug-likeness (QED) is 0.387. The van der Waals surface area contributed by atoms with Gasteiger partial charge in [0.1, 0.15) is 0 Å². The molecule has 2 atom stereocenters. The first-order valence-corrected chi connectivity index (χ1v) is 13.2. The van der Waals surface area contributed by atoms with Crippen LogP contribution < -0.4 is 5.48 Å². The molecule has 0 radical (unpaired) electrons. The first kappa shape index (κ1) is 25.7. The van der Waals surface area contributed by atoms with E-state index in [1.807, 2.05) is 42.5 Å². The van der Waals surface area contributed by atoms with Crippen molar-refractivity contribution < 1.29 is 19.5 Å². The molecule has 0 spiro atoms. The van der Waals surface area contributed by atoms with Crippen LogP contribution in [0.3, 0.4) is 0 Å². The Hall–Kier alpha value is -2.90. The van der Waals surface area contributed by atoms with Gasteiger partial charge in [0.15, 0.2) is 0 Å². The summed E-state index contributed by atoms with van der Waals surface area (Å²) in [5.41, 5.74) is 5.30. The number of benzene rings is 3. The third kappa shape index (κ3) is 5.39. The Morgan fingerprint density at radius 1 is 0.946 bits per heavy atom. The summed E-state index contributed by atoms with van der Waals surface area (Å²) < 4.78 is 0. The van der Waals surface area contributed by atoms with Crippen LogP contribution in [-0.2, 0) is 16.2 Å². The summed E-state index contributed by atoms with van der Waals surface area (Å²) in [4.78, 5) is 35.2. The number of nitrogens with zero attached hydrogens (tertiary/aromatic N) is 1. The molecule has 1 fully saturated rings. The van der Waals surface area contributed by atoms with E-state index < -0.39 is 12.0 Å². The lowest BCUT2D eigenvalue weighted by Gasteiger charge is -2.47. The van der Waals surface area contributed by atoms with E-state index in [2.05, 4.69) is 5.48 Å². The molecule has 3 aromatic rings. The molecule has 1 aliphatic carbocycles. The summed E-state index contributed by atoms with van der Waals surface area (Å²) >= 11 is 12.9. The van der Waals surface area contributed by atoms with Gasteiger partial charge in [0.2, 0.25) is 0 Å². The lowest BCUT2D eigenvalue weighted by atomic mass is 9.77. The van der Waals surface area contributed by atoms with E-state index >= 15 is 0 Å². The molecule has 0 aromatic heterocycles. The van der Waals surface area contributed by atoms with Crippen LogP contribution in [0.5, 0.6) is 0 Å². The molecule has 8 heteroatoms. The first-order valence-electron chi connectivity index (χ1n) is 12.4. The van der Waals surface area contributed by atoms with Crippen molar-refractivity contribution in [2.24, 2.45) is 0 Å². The zero-order chi connectivity index (χ0) is 25.9. The topological polar surface area (TPSA) is 78.9 Å². The van der Waals surface area contributed by atoms with E-state index in [0.29, 0.717) is 52.4 Å². The molecule has 1 heterocycles. The van der Waals surface area contributed by atoms with Crippen molar-refractivity contribution in [2.45, 2.75) is 56.4 Å². The van der Waals surface area contributed by atoms with Crippen LogP contribution in [0.25, 0.3) is 0 Å². The number of amides is 2. The maximum absolute atomic E-state index is 14.0. The molecule has 6 nitrogen and oxygen atoms in total. The number of aliphatic hydroxyl groups is 1. The van der Waals surface area contributed by atoms with E-state index in [0.717, 1.165) is 5.56 Å². The molecular formula is C29H28Cl2N2O4. The molecule has 0 saturated heterocycles. The van der Waals surface area contributed by atoms with Gasteiger partial charge in [-0.3, -0.25) is 14.4 Å². The van der Waals surface area contributed by atoms with E-state index in [-0.39, 0.29) is 30.6 Å². The Morgan fingerprint density at radius 2 is 1.65 bits per heavy atom. The Kier molecular flexibility index (Phi) is 7.81.